The van der Waals surface area contributed by atoms with Crippen LogP contribution in [0.5, 0.6) is 5.75 Å². The van der Waals surface area contributed by atoms with Crippen LogP contribution < -0.4 is 10.5 Å². The van der Waals surface area contributed by atoms with Gasteiger partial charge in [-0.25, -0.2) is 0 Å². The molecule has 1 heterocycles. The van der Waals surface area contributed by atoms with E-state index in [1.807, 2.05) is 12.1 Å². The number of rotatable bonds is 4. The van der Waals surface area contributed by atoms with Crippen molar-refractivity contribution < 1.29 is 9.26 Å². The van der Waals surface area contributed by atoms with Gasteiger partial charge in [-0.05, 0) is 18.6 Å². The summed E-state index contributed by atoms with van der Waals surface area (Å²) in [5.41, 5.74) is 7.21. The predicted molar refractivity (Wildman–Crippen MR) is 64.7 cm³/mol. The molecular weight excluding hydrogens is 218 g/mol. The van der Waals surface area contributed by atoms with Gasteiger partial charge in [-0.15, -0.1) is 0 Å². The molecule has 0 bridgehead atoms. The molecule has 1 aromatic carbocycles. The third-order valence-corrected chi connectivity index (χ3v) is 2.43. The van der Waals surface area contributed by atoms with Crippen LogP contribution in [0.3, 0.4) is 0 Å². The lowest BCUT2D eigenvalue weighted by molar-refractivity contribution is 0.414. The third-order valence-electron chi connectivity index (χ3n) is 2.43. The molecule has 0 fully saturated rings. The summed E-state index contributed by atoms with van der Waals surface area (Å²) in [6.07, 6.45) is 1.79. The summed E-state index contributed by atoms with van der Waals surface area (Å²) in [5.74, 6) is 1.87. The summed E-state index contributed by atoms with van der Waals surface area (Å²) in [5, 5.41) is 3.89. The SMILES string of the molecule is CCCc1noc(-c2ccc(OC)cc2N)n1. The van der Waals surface area contributed by atoms with E-state index < -0.39 is 0 Å². The van der Waals surface area contributed by atoms with E-state index in [9.17, 15) is 0 Å². The zero-order chi connectivity index (χ0) is 12.3. The Bertz CT molecular complexity index is 508. The smallest absolute Gasteiger partial charge is 0.260 e. The normalized spacial score (nSPS) is 10.5. The molecule has 5 heteroatoms. The molecule has 0 atom stereocenters. The highest BCUT2D eigenvalue weighted by molar-refractivity contribution is 5.71. The molecular formula is C12H15N3O2. The van der Waals surface area contributed by atoms with Gasteiger partial charge in [0.2, 0.25) is 0 Å². The largest absolute Gasteiger partial charge is 0.497 e. The number of methoxy groups -OCH3 is 1. The summed E-state index contributed by atoms with van der Waals surface area (Å²) >= 11 is 0. The molecule has 0 saturated heterocycles. The number of anilines is 1. The molecule has 90 valence electrons. The number of nitrogen functional groups attached to an aromatic ring is 1. The minimum Gasteiger partial charge on any atom is -0.497 e. The van der Waals surface area contributed by atoms with Crippen molar-refractivity contribution in [3.8, 4) is 17.2 Å². The number of nitrogens with two attached hydrogens (primary N) is 1. The van der Waals surface area contributed by atoms with Gasteiger partial charge in [0, 0.05) is 18.2 Å². The molecule has 2 rings (SSSR count). The molecule has 17 heavy (non-hydrogen) atoms. The van der Waals surface area contributed by atoms with Crippen molar-refractivity contribution >= 4 is 5.69 Å². The minimum absolute atomic E-state index is 0.452. The highest BCUT2D eigenvalue weighted by Crippen LogP contribution is 2.28. The molecule has 0 radical (unpaired) electrons. The van der Waals surface area contributed by atoms with Crippen molar-refractivity contribution in [3.63, 3.8) is 0 Å². The van der Waals surface area contributed by atoms with Crippen LogP contribution in [0.15, 0.2) is 22.7 Å². The first-order valence-electron chi connectivity index (χ1n) is 5.51. The van der Waals surface area contributed by atoms with E-state index in [1.165, 1.54) is 0 Å². The van der Waals surface area contributed by atoms with Crippen LogP contribution in [-0.2, 0) is 6.42 Å². The number of hydrogen-bond acceptors (Lipinski definition) is 5. The highest BCUT2D eigenvalue weighted by Gasteiger charge is 2.11. The summed E-state index contributed by atoms with van der Waals surface area (Å²) in [7, 11) is 1.60. The molecule has 2 aromatic rings. The van der Waals surface area contributed by atoms with Gasteiger partial charge in [-0.3, -0.25) is 0 Å². The maximum Gasteiger partial charge on any atom is 0.260 e. The molecule has 0 spiro atoms. The van der Waals surface area contributed by atoms with Gasteiger partial charge in [0.05, 0.1) is 12.7 Å². The van der Waals surface area contributed by atoms with Crippen LogP contribution in [-0.4, -0.2) is 17.3 Å². The van der Waals surface area contributed by atoms with E-state index in [0.717, 1.165) is 18.4 Å². The average Bonchev–Trinajstić information content (AvgIpc) is 2.78. The fourth-order valence-electron chi connectivity index (χ4n) is 1.55. The van der Waals surface area contributed by atoms with E-state index in [1.54, 1.807) is 13.2 Å². The van der Waals surface area contributed by atoms with E-state index in [-0.39, 0.29) is 0 Å². The molecule has 0 amide bonds. The van der Waals surface area contributed by atoms with Crippen LogP contribution in [0, 0.1) is 0 Å². The predicted octanol–water partition coefficient (Wildman–Crippen LogP) is 2.28. The summed E-state index contributed by atoms with van der Waals surface area (Å²) < 4.78 is 10.3. The molecule has 2 N–H and O–H groups in total. The van der Waals surface area contributed by atoms with E-state index in [2.05, 4.69) is 17.1 Å². The lowest BCUT2D eigenvalue weighted by Crippen LogP contribution is -1.92. The van der Waals surface area contributed by atoms with Crippen molar-refractivity contribution in [1.29, 1.82) is 0 Å². The maximum atomic E-state index is 5.90. The number of aromatic nitrogens is 2. The lowest BCUT2D eigenvalue weighted by Gasteiger charge is -2.03. The van der Waals surface area contributed by atoms with Gasteiger partial charge in [-0.2, -0.15) is 4.98 Å². The van der Waals surface area contributed by atoms with Gasteiger partial charge >= 0.3 is 0 Å². The van der Waals surface area contributed by atoms with Crippen molar-refractivity contribution in [1.82, 2.24) is 10.1 Å². The number of nitrogens with zero attached hydrogens (tertiary/aromatic N) is 2. The summed E-state index contributed by atoms with van der Waals surface area (Å²) in [6.45, 7) is 2.07. The minimum atomic E-state index is 0.452. The molecule has 5 nitrogen and oxygen atoms in total. The fraction of sp³-hybridized carbons (Fsp3) is 0.333. The Balaban J connectivity index is 2.32. The Morgan fingerprint density at radius 3 is 2.88 bits per heavy atom. The summed E-state index contributed by atoms with van der Waals surface area (Å²) in [4.78, 5) is 4.29. The third kappa shape index (κ3) is 2.38. The molecule has 0 aliphatic heterocycles. The first kappa shape index (κ1) is 11.4. The highest BCUT2D eigenvalue weighted by atomic mass is 16.5. The Morgan fingerprint density at radius 2 is 2.24 bits per heavy atom. The standard InChI is InChI=1S/C12H15N3O2/c1-3-4-11-14-12(17-15-11)9-6-5-8(16-2)7-10(9)13/h5-7H,3-4,13H2,1-2H3. The monoisotopic (exact) mass is 233 g/mol. The van der Waals surface area contributed by atoms with Crippen LogP contribution >= 0.6 is 0 Å². The second kappa shape index (κ2) is 4.86. The van der Waals surface area contributed by atoms with E-state index in [0.29, 0.717) is 23.2 Å². The Labute approximate surface area is 99.6 Å². The Kier molecular flexibility index (Phi) is 3.27. The number of benzene rings is 1. The van der Waals surface area contributed by atoms with Gasteiger partial charge in [0.15, 0.2) is 5.82 Å². The number of aryl methyl sites for hydroxylation is 1. The molecule has 0 aliphatic carbocycles. The Morgan fingerprint density at radius 1 is 1.41 bits per heavy atom. The van der Waals surface area contributed by atoms with E-state index >= 15 is 0 Å². The van der Waals surface area contributed by atoms with Crippen LogP contribution in [0.4, 0.5) is 5.69 Å². The Hall–Kier alpha value is -2.04. The van der Waals surface area contributed by atoms with Gasteiger partial charge < -0.3 is 15.0 Å². The van der Waals surface area contributed by atoms with Crippen molar-refractivity contribution in [3.05, 3.63) is 24.0 Å². The van der Waals surface area contributed by atoms with Crippen LogP contribution in [0.25, 0.3) is 11.5 Å². The first-order valence-corrected chi connectivity index (χ1v) is 5.51. The topological polar surface area (TPSA) is 74.2 Å². The molecule has 0 aliphatic rings. The molecule has 0 saturated carbocycles. The van der Waals surface area contributed by atoms with Gasteiger partial charge in [-0.1, -0.05) is 12.1 Å². The van der Waals surface area contributed by atoms with E-state index in [4.69, 9.17) is 15.0 Å². The average molecular weight is 233 g/mol. The molecule has 0 unspecified atom stereocenters. The zero-order valence-electron chi connectivity index (χ0n) is 9.93. The number of ether oxygens (including phenoxy) is 1. The maximum absolute atomic E-state index is 5.90. The lowest BCUT2D eigenvalue weighted by atomic mass is 10.1. The van der Waals surface area contributed by atoms with Crippen LogP contribution in [0.2, 0.25) is 0 Å². The van der Waals surface area contributed by atoms with Crippen LogP contribution in [0.1, 0.15) is 19.2 Å². The first-order chi connectivity index (χ1) is 8.24. The zero-order valence-corrected chi connectivity index (χ0v) is 9.93. The quantitative estimate of drug-likeness (QED) is 0.820. The summed E-state index contributed by atoms with van der Waals surface area (Å²) in [6, 6.07) is 5.37. The van der Waals surface area contributed by atoms with Gasteiger partial charge in [0.25, 0.3) is 5.89 Å². The number of hydrogen-bond donors (Lipinski definition) is 1. The second-order valence-electron chi connectivity index (χ2n) is 3.72. The second-order valence-corrected chi connectivity index (χ2v) is 3.72. The fourth-order valence-corrected chi connectivity index (χ4v) is 1.55. The van der Waals surface area contributed by atoms with Crippen molar-refractivity contribution in [2.45, 2.75) is 19.8 Å². The van der Waals surface area contributed by atoms with Gasteiger partial charge in [0.1, 0.15) is 5.75 Å². The van der Waals surface area contributed by atoms with Crippen molar-refractivity contribution in [2.75, 3.05) is 12.8 Å². The van der Waals surface area contributed by atoms with Crippen molar-refractivity contribution in [2.24, 2.45) is 0 Å². The molecule has 1 aromatic heterocycles.